The van der Waals surface area contributed by atoms with Crippen LogP contribution in [0.2, 0.25) is 0 Å². The Balaban J connectivity index is 1.72. The topological polar surface area (TPSA) is 53.4 Å². The molecule has 98 valence electrons. The number of carboxylic acids is 1. The summed E-state index contributed by atoms with van der Waals surface area (Å²) in [5.41, 5.74) is 1.31. The Hall–Kier alpha value is -1.42. The molecule has 0 spiro atoms. The van der Waals surface area contributed by atoms with Gasteiger partial charge < -0.3 is 10.0 Å². The van der Waals surface area contributed by atoms with Crippen molar-refractivity contribution in [3.63, 3.8) is 0 Å². The Labute approximate surface area is 108 Å². The van der Waals surface area contributed by atoms with Gasteiger partial charge in [0.25, 0.3) is 0 Å². The van der Waals surface area contributed by atoms with E-state index in [1.54, 1.807) is 6.20 Å². The van der Waals surface area contributed by atoms with E-state index in [0.29, 0.717) is 6.54 Å². The fraction of sp³-hybridized carbons (Fsp3) is 0.571. The molecule has 0 amide bonds. The fourth-order valence-corrected chi connectivity index (χ4v) is 2.52. The monoisotopic (exact) mass is 248 g/mol. The predicted octanol–water partition coefficient (Wildman–Crippen LogP) is 1.81. The smallest absolute Gasteiger partial charge is 0.304 e. The molecule has 18 heavy (non-hydrogen) atoms. The Morgan fingerprint density at radius 1 is 1.44 bits per heavy atom. The third kappa shape index (κ3) is 4.11. The van der Waals surface area contributed by atoms with Crippen molar-refractivity contribution in [2.75, 3.05) is 19.6 Å². The molecule has 0 aliphatic carbocycles. The summed E-state index contributed by atoms with van der Waals surface area (Å²) in [4.78, 5) is 16.9. The second kappa shape index (κ2) is 6.50. The molecule has 0 unspecified atom stereocenters. The number of nitrogens with zero attached hydrogens (tertiary/aromatic N) is 2. The molecule has 4 heteroatoms. The highest BCUT2D eigenvalue weighted by molar-refractivity contribution is 5.66. The molecule has 0 bridgehead atoms. The number of hydrogen-bond donors (Lipinski definition) is 1. The first kappa shape index (κ1) is 13.0. The molecule has 0 aromatic carbocycles. The maximum absolute atomic E-state index is 10.5. The summed E-state index contributed by atoms with van der Waals surface area (Å²) in [5, 5.41) is 8.66. The largest absolute Gasteiger partial charge is 0.481 e. The highest BCUT2D eigenvalue weighted by Crippen LogP contribution is 2.21. The van der Waals surface area contributed by atoms with Gasteiger partial charge in [-0.15, -0.1) is 0 Å². The Kier molecular flexibility index (Phi) is 4.70. The number of aromatic nitrogens is 1. The number of pyridine rings is 1. The number of hydrogen-bond acceptors (Lipinski definition) is 3. The van der Waals surface area contributed by atoms with E-state index in [1.165, 1.54) is 5.56 Å². The van der Waals surface area contributed by atoms with E-state index in [2.05, 4.69) is 16.0 Å². The van der Waals surface area contributed by atoms with Crippen molar-refractivity contribution in [2.24, 2.45) is 5.92 Å². The van der Waals surface area contributed by atoms with Crippen LogP contribution in [0.5, 0.6) is 0 Å². The Bertz CT molecular complexity index is 373. The normalized spacial score (nSPS) is 17.8. The summed E-state index contributed by atoms with van der Waals surface area (Å²) in [6.45, 7) is 2.74. The van der Waals surface area contributed by atoms with Crippen LogP contribution in [-0.2, 0) is 11.2 Å². The zero-order chi connectivity index (χ0) is 12.8. The van der Waals surface area contributed by atoms with Crippen LogP contribution in [0, 0.1) is 5.92 Å². The molecule has 1 N–H and O–H groups in total. The van der Waals surface area contributed by atoms with Crippen molar-refractivity contribution >= 4 is 5.97 Å². The first-order chi connectivity index (χ1) is 8.74. The maximum Gasteiger partial charge on any atom is 0.304 e. The molecule has 2 rings (SSSR count). The van der Waals surface area contributed by atoms with Crippen molar-refractivity contribution in [3.8, 4) is 0 Å². The van der Waals surface area contributed by atoms with Crippen LogP contribution >= 0.6 is 0 Å². The van der Waals surface area contributed by atoms with Crippen LogP contribution in [0.1, 0.15) is 24.8 Å². The first-order valence-electron chi connectivity index (χ1n) is 6.57. The summed E-state index contributed by atoms with van der Waals surface area (Å²) in [6, 6.07) is 4.11. The molecule has 1 fully saturated rings. The molecule has 0 radical (unpaired) electrons. The van der Waals surface area contributed by atoms with Gasteiger partial charge in [0.15, 0.2) is 0 Å². The summed E-state index contributed by atoms with van der Waals surface area (Å²) < 4.78 is 0. The summed E-state index contributed by atoms with van der Waals surface area (Å²) in [7, 11) is 0. The highest BCUT2D eigenvalue weighted by Gasteiger charge is 2.19. The van der Waals surface area contributed by atoms with Crippen LogP contribution in [0.4, 0.5) is 0 Å². The van der Waals surface area contributed by atoms with Crippen molar-refractivity contribution < 1.29 is 9.90 Å². The van der Waals surface area contributed by atoms with Crippen LogP contribution in [0.15, 0.2) is 24.5 Å². The van der Waals surface area contributed by atoms with Crippen LogP contribution in [0.25, 0.3) is 0 Å². The van der Waals surface area contributed by atoms with Crippen molar-refractivity contribution in [1.82, 2.24) is 9.88 Å². The summed E-state index contributed by atoms with van der Waals surface area (Å²) in [6.07, 6.45) is 7.42. The molecule has 1 aliphatic heterocycles. The minimum absolute atomic E-state index is 0.257. The SMILES string of the molecule is O=C(O)CCN1CCC(Cc2cccnc2)CC1. The average Bonchev–Trinajstić information content (AvgIpc) is 2.39. The van der Waals surface area contributed by atoms with Gasteiger partial charge in [0, 0.05) is 18.9 Å². The Morgan fingerprint density at radius 2 is 2.22 bits per heavy atom. The van der Waals surface area contributed by atoms with Crippen LogP contribution < -0.4 is 0 Å². The minimum Gasteiger partial charge on any atom is -0.481 e. The average molecular weight is 248 g/mol. The quantitative estimate of drug-likeness (QED) is 0.863. The predicted molar refractivity (Wildman–Crippen MR) is 69.4 cm³/mol. The lowest BCUT2D eigenvalue weighted by Crippen LogP contribution is -2.35. The lowest BCUT2D eigenvalue weighted by atomic mass is 9.91. The summed E-state index contributed by atoms with van der Waals surface area (Å²) >= 11 is 0. The minimum atomic E-state index is -0.701. The number of likely N-dealkylation sites (tertiary alicyclic amines) is 1. The van der Waals surface area contributed by atoms with Crippen molar-refractivity contribution in [2.45, 2.75) is 25.7 Å². The van der Waals surface area contributed by atoms with E-state index in [9.17, 15) is 4.79 Å². The van der Waals surface area contributed by atoms with Crippen molar-refractivity contribution in [1.29, 1.82) is 0 Å². The zero-order valence-corrected chi connectivity index (χ0v) is 10.6. The molecule has 1 aromatic rings. The van der Waals surface area contributed by atoms with E-state index in [1.807, 2.05) is 12.3 Å². The molecule has 1 aromatic heterocycles. The van der Waals surface area contributed by atoms with E-state index in [-0.39, 0.29) is 6.42 Å². The lowest BCUT2D eigenvalue weighted by Gasteiger charge is -2.31. The van der Waals surface area contributed by atoms with Crippen LogP contribution in [0.3, 0.4) is 0 Å². The number of carboxylic acid groups (broad SMARTS) is 1. The Morgan fingerprint density at radius 3 is 2.83 bits per heavy atom. The molecule has 2 heterocycles. The van der Waals surface area contributed by atoms with Gasteiger partial charge >= 0.3 is 5.97 Å². The van der Waals surface area contributed by atoms with E-state index in [4.69, 9.17) is 5.11 Å². The van der Waals surface area contributed by atoms with Gasteiger partial charge in [-0.05, 0) is 49.9 Å². The van der Waals surface area contributed by atoms with Gasteiger partial charge in [-0.3, -0.25) is 9.78 Å². The second-order valence-corrected chi connectivity index (χ2v) is 4.99. The molecular weight excluding hydrogens is 228 g/mol. The van der Waals surface area contributed by atoms with Gasteiger partial charge in [-0.25, -0.2) is 0 Å². The van der Waals surface area contributed by atoms with Gasteiger partial charge in [0.2, 0.25) is 0 Å². The third-order valence-corrected chi connectivity index (χ3v) is 3.60. The number of piperidine rings is 1. The summed E-state index contributed by atoms with van der Waals surface area (Å²) in [5.74, 6) is 0.0164. The van der Waals surface area contributed by atoms with Gasteiger partial charge in [0.05, 0.1) is 6.42 Å². The van der Waals surface area contributed by atoms with Crippen molar-refractivity contribution in [3.05, 3.63) is 30.1 Å². The fourth-order valence-electron chi connectivity index (χ4n) is 2.52. The number of aliphatic carboxylic acids is 1. The second-order valence-electron chi connectivity index (χ2n) is 4.99. The molecular formula is C14H20N2O2. The number of carbonyl (C=O) groups is 1. The first-order valence-corrected chi connectivity index (χ1v) is 6.57. The maximum atomic E-state index is 10.5. The molecule has 0 atom stereocenters. The van der Waals surface area contributed by atoms with Gasteiger partial charge in [-0.2, -0.15) is 0 Å². The van der Waals surface area contributed by atoms with E-state index >= 15 is 0 Å². The van der Waals surface area contributed by atoms with E-state index < -0.39 is 5.97 Å². The zero-order valence-electron chi connectivity index (χ0n) is 10.6. The molecule has 0 saturated carbocycles. The van der Waals surface area contributed by atoms with Gasteiger partial charge in [-0.1, -0.05) is 6.07 Å². The third-order valence-electron chi connectivity index (χ3n) is 3.60. The van der Waals surface area contributed by atoms with Crippen LogP contribution in [-0.4, -0.2) is 40.6 Å². The molecule has 4 nitrogen and oxygen atoms in total. The molecule has 1 saturated heterocycles. The highest BCUT2D eigenvalue weighted by atomic mass is 16.4. The number of rotatable bonds is 5. The lowest BCUT2D eigenvalue weighted by molar-refractivity contribution is -0.137. The van der Waals surface area contributed by atoms with E-state index in [0.717, 1.165) is 38.3 Å². The van der Waals surface area contributed by atoms with Gasteiger partial charge in [0.1, 0.15) is 0 Å². The molecule has 1 aliphatic rings. The standard InChI is InChI=1S/C14H20N2O2/c17-14(18)5-9-16-7-3-12(4-8-16)10-13-2-1-6-15-11-13/h1-2,6,11-12H,3-5,7-10H2,(H,17,18).